The molecule has 0 aromatic heterocycles. The molecule has 0 fully saturated rings. The van der Waals surface area contributed by atoms with Crippen LogP contribution in [-0.4, -0.2) is 31.4 Å². The summed E-state index contributed by atoms with van der Waals surface area (Å²) < 4.78 is 23.2. The number of nitrogens with zero attached hydrogens (tertiary/aromatic N) is 1. The molecular weight excluding hydrogens is 360 g/mol. The van der Waals surface area contributed by atoms with Crippen LogP contribution in [0.2, 0.25) is 0 Å². The van der Waals surface area contributed by atoms with Crippen LogP contribution in [0.3, 0.4) is 0 Å². The van der Waals surface area contributed by atoms with Crippen LogP contribution in [0.5, 0.6) is 0 Å². The average Bonchev–Trinajstić information content (AvgIpc) is 2.81. The molecule has 3 rings (SSSR count). The van der Waals surface area contributed by atoms with Gasteiger partial charge in [0.25, 0.3) is 5.91 Å². The normalized spacial score (nSPS) is 18.0. The third-order valence-corrected chi connectivity index (χ3v) is 6.57. The van der Waals surface area contributed by atoms with Crippen molar-refractivity contribution in [1.82, 2.24) is 9.62 Å². The molecule has 0 radical (unpaired) electrons. The molecule has 0 saturated heterocycles. The summed E-state index contributed by atoms with van der Waals surface area (Å²) in [7, 11) is -3.43. The molecule has 0 atom stereocenters. The molecular formula is C21H26N2O3S. The predicted molar refractivity (Wildman–Crippen MR) is 111 cm³/mol. The van der Waals surface area contributed by atoms with Gasteiger partial charge in [-0.1, -0.05) is 71.4 Å². The highest BCUT2D eigenvalue weighted by Crippen LogP contribution is 2.63. The Hall–Kier alpha value is -2.28. The molecule has 0 spiro atoms. The van der Waals surface area contributed by atoms with Crippen LogP contribution >= 0.6 is 10.8 Å². The zero-order chi connectivity index (χ0) is 19.7. The van der Waals surface area contributed by atoms with Crippen molar-refractivity contribution in [3.8, 4) is 0 Å². The molecule has 5 nitrogen and oxygen atoms in total. The summed E-state index contributed by atoms with van der Waals surface area (Å²) >= 11 is 0. The van der Waals surface area contributed by atoms with Crippen LogP contribution < -0.4 is 5.32 Å². The van der Waals surface area contributed by atoms with Crippen LogP contribution in [0.15, 0.2) is 66.4 Å². The first-order chi connectivity index (χ1) is 12.7. The summed E-state index contributed by atoms with van der Waals surface area (Å²) in [5.41, 5.74) is 1.34. The second kappa shape index (κ2) is 7.38. The largest absolute Gasteiger partial charge is 0.379 e. The van der Waals surface area contributed by atoms with E-state index in [4.69, 9.17) is 0 Å². The molecule has 0 unspecified atom stereocenters. The van der Waals surface area contributed by atoms with Crippen LogP contribution in [0.4, 0.5) is 0 Å². The van der Waals surface area contributed by atoms with E-state index in [-0.39, 0.29) is 16.5 Å². The first-order valence-corrected chi connectivity index (χ1v) is 10.4. The minimum Gasteiger partial charge on any atom is -0.379 e. The van der Waals surface area contributed by atoms with Crippen molar-refractivity contribution in [3.63, 3.8) is 0 Å². The van der Waals surface area contributed by atoms with Gasteiger partial charge < -0.3 is 5.32 Å². The number of amides is 1. The van der Waals surface area contributed by atoms with Crippen molar-refractivity contribution in [2.24, 2.45) is 0 Å². The molecule has 27 heavy (non-hydrogen) atoms. The van der Waals surface area contributed by atoms with E-state index in [1.54, 1.807) is 32.9 Å². The highest BCUT2D eigenvalue weighted by molar-refractivity contribution is 8.31. The third-order valence-electron chi connectivity index (χ3n) is 4.36. The Kier molecular flexibility index (Phi) is 5.33. The minimum absolute atomic E-state index is 0.270. The first-order valence-electron chi connectivity index (χ1n) is 8.93. The summed E-state index contributed by atoms with van der Waals surface area (Å²) in [5, 5.41) is 3.18. The van der Waals surface area contributed by atoms with Gasteiger partial charge in [-0.2, -0.15) is 0 Å². The molecule has 0 saturated carbocycles. The number of hydrogen-bond donors (Lipinski definition) is 3. The van der Waals surface area contributed by atoms with E-state index in [2.05, 4.69) is 5.32 Å². The predicted octanol–water partition coefficient (Wildman–Crippen LogP) is 4.49. The molecule has 1 heterocycles. The Labute approximate surface area is 162 Å². The van der Waals surface area contributed by atoms with Gasteiger partial charge in [-0.05, 0) is 32.8 Å². The van der Waals surface area contributed by atoms with Crippen LogP contribution in [0.1, 0.15) is 31.9 Å². The third kappa shape index (κ3) is 3.88. The van der Waals surface area contributed by atoms with Gasteiger partial charge in [-0.15, -0.1) is 0 Å². The van der Waals surface area contributed by atoms with Crippen molar-refractivity contribution >= 4 is 21.6 Å². The highest BCUT2D eigenvalue weighted by atomic mass is 32.3. The monoisotopic (exact) mass is 386 g/mol. The second-order valence-corrected chi connectivity index (χ2v) is 9.33. The topological polar surface area (TPSA) is 72.8 Å². The Bertz CT molecular complexity index is 843. The van der Waals surface area contributed by atoms with E-state index in [1.807, 2.05) is 48.5 Å². The lowest BCUT2D eigenvalue weighted by Crippen LogP contribution is -2.45. The lowest BCUT2D eigenvalue weighted by atomic mass is 10.1. The van der Waals surface area contributed by atoms with Gasteiger partial charge in [-0.25, -0.2) is 4.31 Å². The van der Waals surface area contributed by atoms with Gasteiger partial charge in [0.2, 0.25) is 0 Å². The first kappa shape index (κ1) is 19.5. The molecule has 1 aliphatic heterocycles. The maximum atomic E-state index is 13.1. The molecule has 6 heteroatoms. The molecule has 3 N–H and O–H groups in total. The summed E-state index contributed by atoms with van der Waals surface area (Å²) in [5.74, 6) is -0.380. The fraction of sp³-hybridized carbons (Fsp3) is 0.286. The van der Waals surface area contributed by atoms with Crippen molar-refractivity contribution in [1.29, 1.82) is 0 Å². The van der Waals surface area contributed by atoms with Crippen molar-refractivity contribution in [3.05, 3.63) is 77.5 Å². The summed E-state index contributed by atoms with van der Waals surface area (Å²) in [6, 6.07) is 19.1. The van der Waals surface area contributed by atoms with Crippen molar-refractivity contribution < 1.29 is 13.9 Å². The molecule has 0 bridgehead atoms. The number of rotatable bonds is 5. The lowest BCUT2D eigenvalue weighted by Gasteiger charge is -2.45. The second-order valence-electron chi connectivity index (χ2n) is 7.52. The summed E-state index contributed by atoms with van der Waals surface area (Å²) in [6.07, 6.45) is 0.731. The zero-order valence-corrected chi connectivity index (χ0v) is 16.7. The molecule has 1 amide bonds. The summed E-state index contributed by atoms with van der Waals surface area (Å²) in [4.78, 5) is 13.4. The van der Waals surface area contributed by atoms with Gasteiger partial charge >= 0.3 is 0 Å². The molecule has 2 aromatic carbocycles. The smallest absolute Gasteiger partial charge is 0.290 e. The number of carbonyl (C=O) groups is 1. The fourth-order valence-electron chi connectivity index (χ4n) is 3.25. The van der Waals surface area contributed by atoms with E-state index in [0.29, 0.717) is 12.1 Å². The van der Waals surface area contributed by atoms with Gasteiger partial charge in [0, 0.05) is 12.1 Å². The van der Waals surface area contributed by atoms with Gasteiger partial charge in [0.15, 0.2) is 0 Å². The standard InChI is InChI=1S/C21H26N2O3S/c1-21(2,3)23-20(24)18(22-15-14-16-10-6-4-7-11-16)19(27(23,25)26)17-12-8-5-9-13-17/h4-13,22,25-26H,14-15H2,1-3H3. The Balaban J connectivity index is 1.95. The van der Waals surface area contributed by atoms with Gasteiger partial charge in [-0.3, -0.25) is 13.9 Å². The number of hydrogen-bond acceptors (Lipinski definition) is 4. The Morgan fingerprint density at radius 2 is 1.52 bits per heavy atom. The fourth-order valence-corrected chi connectivity index (χ4v) is 5.41. The Morgan fingerprint density at radius 1 is 0.963 bits per heavy atom. The van der Waals surface area contributed by atoms with Crippen LogP contribution in [-0.2, 0) is 11.2 Å². The number of carbonyl (C=O) groups excluding carboxylic acids is 1. The van der Waals surface area contributed by atoms with E-state index in [0.717, 1.165) is 12.0 Å². The van der Waals surface area contributed by atoms with Gasteiger partial charge in [0.05, 0.1) is 5.54 Å². The molecule has 144 valence electrons. The quantitative estimate of drug-likeness (QED) is 0.708. The van der Waals surface area contributed by atoms with E-state index in [1.165, 1.54) is 4.31 Å². The van der Waals surface area contributed by atoms with Crippen LogP contribution in [0, 0.1) is 0 Å². The molecule has 0 aliphatic carbocycles. The number of nitrogens with one attached hydrogen (secondary N) is 1. The average molecular weight is 387 g/mol. The van der Waals surface area contributed by atoms with E-state index < -0.39 is 16.3 Å². The highest BCUT2D eigenvalue weighted by Gasteiger charge is 2.49. The zero-order valence-electron chi connectivity index (χ0n) is 15.8. The van der Waals surface area contributed by atoms with Crippen molar-refractivity contribution in [2.75, 3.05) is 6.54 Å². The maximum Gasteiger partial charge on any atom is 0.290 e. The maximum absolute atomic E-state index is 13.1. The lowest BCUT2D eigenvalue weighted by molar-refractivity contribution is -0.125. The van der Waals surface area contributed by atoms with E-state index in [9.17, 15) is 13.9 Å². The van der Waals surface area contributed by atoms with Crippen LogP contribution in [0.25, 0.3) is 4.91 Å². The van der Waals surface area contributed by atoms with Gasteiger partial charge in [0.1, 0.15) is 10.6 Å². The van der Waals surface area contributed by atoms with E-state index >= 15 is 0 Å². The molecule has 2 aromatic rings. The Morgan fingerprint density at radius 3 is 2.07 bits per heavy atom. The minimum atomic E-state index is -3.43. The summed E-state index contributed by atoms with van der Waals surface area (Å²) in [6.45, 7) is 5.92. The number of benzene rings is 2. The van der Waals surface area contributed by atoms with Crippen molar-refractivity contribution in [2.45, 2.75) is 32.7 Å². The SMILES string of the molecule is CC(C)(C)N1C(=O)C(NCCc2ccccc2)=C(c2ccccc2)S1(O)O. The molecule has 1 aliphatic rings.